The van der Waals surface area contributed by atoms with Gasteiger partial charge in [0.05, 0.1) is 13.2 Å². The van der Waals surface area contributed by atoms with E-state index < -0.39 is 8.07 Å². The lowest BCUT2D eigenvalue weighted by molar-refractivity contribution is 0.302. The Morgan fingerprint density at radius 3 is 1.04 bits per heavy atom. The van der Waals surface area contributed by atoms with E-state index in [4.69, 9.17) is 9.47 Å². The third-order valence-electron chi connectivity index (χ3n) is 11.4. The molecule has 0 saturated heterocycles. The Kier molecular flexibility index (Phi) is 20.8. The molecule has 2 aromatic rings. The maximum absolute atomic E-state index is 6.58. The second-order valence-electron chi connectivity index (χ2n) is 15.7. The van der Waals surface area contributed by atoms with Gasteiger partial charge >= 0.3 is 0 Å². The van der Waals surface area contributed by atoms with Crippen molar-refractivity contribution in [3.8, 4) is 22.6 Å². The number of hydrogen-bond acceptors (Lipinski definition) is 2. The summed E-state index contributed by atoms with van der Waals surface area (Å²) in [7, 11) is -1.94. The van der Waals surface area contributed by atoms with Crippen LogP contribution in [0.15, 0.2) is 24.3 Å². The zero-order valence-corrected chi connectivity index (χ0v) is 34.4. The fraction of sp³-hybridized carbons (Fsp3) is 0.739. The molecule has 0 N–H and O–H groups in total. The Morgan fingerprint density at radius 1 is 0.388 bits per heavy atom. The summed E-state index contributed by atoms with van der Waals surface area (Å²) >= 11 is 0. The van der Waals surface area contributed by atoms with Gasteiger partial charge in [0.1, 0.15) is 19.6 Å². The van der Waals surface area contributed by atoms with Gasteiger partial charge in [-0.05, 0) is 83.5 Å². The minimum atomic E-state index is -1.94. The van der Waals surface area contributed by atoms with Gasteiger partial charge in [-0.25, -0.2) is 0 Å². The Hall–Kier alpha value is -1.74. The Bertz CT molecular complexity index is 1080. The number of unbranched alkanes of at least 4 members (excludes halogenated alkanes) is 20. The molecule has 0 radical (unpaired) electrons. The minimum Gasteiger partial charge on any atom is -0.493 e. The van der Waals surface area contributed by atoms with E-state index >= 15 is 0 Å². The van der Waals surface area contributed by atoms with E-state index in [0.29, 0.717) is 0 Å². The van der Waals surface area contributed by atoms with Crippen LogP contribution in [0.4, 0.5) is 0 Å². The Labute approximate surface area is 305 Å². The molecular formula is C46H78O2Si. The lowest BCUT2D eigenvalue weighted by atomic mass is 10.0. The van der Waals surface area contributed by atoms with Crippen molar-refractivity contribution in [2.24, 2.45) is 0 Å². The number of ether oxygens (including phenoxy) is 2. The van der Waals surface area contributed by atoms with Crippen LogP contribution in [0.1, 0.15) is 193 Å². The maximum atomic E-state index is 6.58. The first-order valence-electron chi connectivity index (χ1n) is 21.6. The molecule has 0 amide bonds. The monoisotopic (exact) mass is 691 g/mol. The Balaban J connectivity index is 1.91. The highest BCUT2D eigenvalue weighted by molar-refractivity contribution is 7.05. The normalized spacial score (nSPS) is 13.1. The Morgan fingerprint density at radius 2 is 0.694 bits per heavy atom. The summed E-state index contributed by atoms with van der Waals surface area (Å²) in [6, 6.07) is 12.9. The minimum absolute atomic E-state index is 0.831. The van der Waals surface area contributed by atoms with Crippen LogP contribution < -0.4 is 19.8 Å². The van der Waals surface area contributed by atoms with Crippen molar-refractivity contribution < 1.29 is 9.47 Å². The zero-order valence-electron chi connectivity index (χ0n) is 33.4. The van der Waals surface area contributed by atoms with Gasteiger partial charge in [-0.3, -0.25) is 0 Å². The topological polar surface area (TPSA) is 18.5 Å². The number of benzene rings is 2. The third kappa shape index (κ3) is 13.4. The molecule has 3 rings (SSSR count). The molecule has 3 heteroatoms. The van der Waals surface area contributed by atoms with Crippen LogP contribution in [0.3, 0.4) is 0 Å². The SMILES string of the molecule is CCCCCCCCOc1cc2c(cc1C)[Si](CCCCCCCC)(CCCCCCCC)c1cc(C)c(OCCCCCCCC)cc1-2. The summed E-state index contributed by atoms with van der Waals surface area (Å²) in [5.41, 5.74) is 5.64. The summed E-state index contributed by atoms with van der Waals surface area (Å²) in [5.74, 6) is 2.22. The molecule has 1 aliphatic heterocycles. The second kappa shape index (κ2) is 24.4. The molecule has 1 heterocycles. The quantitative estimate of drug-likeness (QED) is 0.0600. The van der Waals surface area contributed by atoms with Gasteiger partial charge in [0.15, 0.2) is 0 Å². The molecule has 0 bridgehead atoms. The average molecular weight is 691 g/mol. The molecule has 0 fully saturated rings. The predicted octanol–water partition coefficient (Wildman–Crippen LogP) is 14.0. The number of aryl methyl sites for hydroxylation is 2. The summed E-state index contributed by atoms with van der Waals surface area (Å²) in [4.78, 5) is 0. The average Bonchev–Trinajstić information content (AvgIpc) is 3.34. The molecule has 0 unspecified atom stereocenters. The molecule has 1 aliphatic rings. The van der Waals surface area contributed by atoms with Gasteiger partial charge in [0, 0.05) is 0 Å². The van der Waals surface area contributed by atoms with E-state index in [1.54, 1.807) is 10.4 Å². The summed E-state index contributed by atoms with van der Waals surface area (Å²) < 4.78 is 13.2. The number of hydrogen-bond donors (Lipinski definition) is 0. The van der Waals surface area contributed by atoms with E-state index in [0.717, 1.165) is 37.6 Å². The van der Waals surface area contributed by atoms with Gasteiger partial charge in [-0.1, -0.05) is 181 Å². The molecular weight excluding hydrogens is 613 g/mol. The molecule has 2 aromatic carbocycles. The number of fused-ring (bicyclic) bond motifs is 3. The second-order valence-corrected chi connectivity index (χ2v) is 19.9. The summed E-state index contributed by atoms with van der Waals surface area (Å²) in [6.07, 6.45) is 32.1. The van der Waals surface area contributed by atoms with E-state index in [2.05, 4.69) is 65.8 Å². The van der Waals surface area contributed by atoms with Crippen molar-refractivity contribution in [3.63, 3.8) is 0 Å². The van der Waals surface area contributed by atoms with E-state index in [1.807, 2.05) is 0 Å². The van der Waals surface area contributed by atoms with Crippen molar-refractivity contribution in [1.29, 1.82) is 0 Å². The summed E-state index contributed by atoms with van der Waals surface area (Å²) in [5, 5.41) is 3.42. The lowest BCUT2D eigenvalue weighted by Crippen LogP contribution is -2.55. The van der Waals surface area contributed by atoms with Crippen LogP contribution in [0, 0.1) is 13.8 Å². The highest BCUT2D eigenvalue weighted by atomic mass is 28.3. The maximum Gasteiger partial charge on any atom is 0.122 e. The largest absolute Gasteiger partial charge is 0.493 e. The molecule has 0 aliphatic carbocycles. The van der Waals surface area contributed by atoms with Crippen LogP contribution >= 0.6 is 0 Å². The predicted molar refractivity (Wildman–Crippen MR) is 220 cm³/mol. The lowest BCUT2D eigenvalue weighted by Gasteiger charge is -2.31. The van der Waals surface area contributed by atoms with E-state index in [9.17, 15) is 0 Å². The van der Waals surface area contributed by atoms with Gasteiger partial charge in [0.2, 0.25) is 0 Å². The van der Waals surface area contributed by atoms with E-state index in [1.165, 1.54) is 176 Å². The van der Waals surface area contributed by atoms with Gasteiger partial charge in [0.25, 0.3) is 0 Å². The molecule has 49 heavy (non-hydrogen) atoms. The molecule has 278 valence electrons. The smallest absolute Gasteiger partial charge is 0.122 e. The van der Waals surface area contributed by atoms with Crippen LogP contribution in [0.5, 0.6) is 11.5 Å². The van der Waals surface area contributed by atoms with Crippen LogP contribution in [-0.4, -0.2) is 21.3 Å². The first kappa shape index (κ1) is 41.7. The standard InChI is InChI=1S/C46H78O2Si/c1-7-11-15-19-23-27-31-47-43-37-41-42-38-44(48-32-28-24-20-16-12-8-2)40(6)36-46(42)49(45(41)35-39(43)5,33-29-25-21-17-13-9-3)34-30-26-22-18-14-10-4/h35-38H,7-34H2,1-6H3. The molecule has 0 saturated carbocycles. The number of rotatable bonds is 30. The highest BCUT2D eigenvalue weighted by Gasteiger charge is 2.45. The first-order valence-corrected chi connectivity index (χ1v) is 24.0. The van der Waals surface area contributed by atoms with Crippen molar-refractivity contribution in [2.75, 3.05) is 13.2 Å². The van der Waals surface area contributed by atoms with Crippen molar-refractivity contribution in [3.05, 3.63) is 35.4 Å². The van der Waals surface area contributed by atoms with Gasteiger partial charge in [-0.15, -0.1) is 0 Å². The third-order valence-corrected chi connectivity index (χ3v) is 16.7. The molecule has 0 spiro atoms. The molecule has 0 atom stereocenters. The van der Waals surface area contributed by atoms with Crippen LogP contribution in [0.25, 0.3) is 11.1 Å². The first-order chi connectivity index (χ1) is 24.0. The van der Waals surface area contributed by atoms with Crippen molar-refractivity contribution >= 4 is 18.4 Å². The fourth-order valence-electron chi connectivity index (χ4n) is 8.28. The van der Waals surface area contributed by atoms with Crippen LogP contribution in [0.2, 0.25) is 12.1 Å². The molecule has 0 aromatic heterocycles. The fourth-order valence-corrected chi connectivity index (χ4v) is 14.0. The summed E-state index contributed by atoms with van der Waals surface area (Å²) in [6.45, 7) is 15.5. The van der Waals surface area contributed by atoms with Gasteiger partial charge < -0.3 is 9.47 Å². The van der Waals surface area contributed by atoms with Crippen LogP contribution in [-0.2, 0) is 0 Å². The van der Waals surface area contributed by atoms with E-state index in [-0.39, 0.29) is 0 Å². The highest BCUT2D eigenvalue weighted by Crippen LogP contribution is 2.40. The molecule has 2 nitrogen and oxygen atoms in total. The van der Waals surface area contributed by atoms with Gasteiger partial charge in [-0.2, -0.15) is 0 Å². The zero-order chi connectivity index (χ0) is 35.2. The van der Waals surface area contributed by atoms with Crippen molar-refractivity contribution in [2.45, 2.75) is 208 Å². The van der Waals surface area contributed by atoms with Crippen molar-refractivity contribution in [1.82, 2.24) is 0 Å².